The van der Waals surface area contributed by atoms with Gasteiger partial charge in [0, 0.05) is 19.5 Å². The molecule has 1 saturated heterocycles. The number of rotatable bonds is 7. The van der Waals surface area contributed by atoms with Gasteiger partial charge in [-0.1, -0.05) is 0 Å². The molecule has 0 aromatic rings. The SMILES string of the molecule is CC1CN(S(=O)(=O)NC(CCC(=O)O)C(=O)O)CC(C)O1. The lowest BCUT2D eigenvalue weighted by molar-refractivity contribution is -0.140. The van der Waals surface area contributed by atoms with Gasteiger partial charge in [-0.25, -0.2) is 0 Å². The van der Waals surface area contributed by atoms with Crippen molar-refractivity contribution in [3.63, 3.8) is 0 Å². The van der Waals surface area contributed by atoms with Crippen molar-refractivity contribution in [2.24, 2.45) is 0 Å². The van der Waals surface area contributed by atoms with Gasteiger partial charge in [0.2, 0.25) is 0 Å². The van der Waals surface area contributed by atoms with E-state index in [0.29, 0.717) is 0 Å². The van der Waals surface area contributed by atoms with Crippen LogP contribution < -0.4 is 4.72 Å². The van der Waals surface area contributed by atoms with Crippen molar-refractivity contribution in [2.75, 3.05) is 13.1 Å². The highest BCUT2D eigenvalue weighted by atomic mass is 32.2. The molecule has 21 heavy (non-hydrogen) atoms. The van der Waals surface area contributed by atoms with Crippen LogP contribution in [0.4, 0.5) is 0 Å². The van der Waals surface area contributed by atoms with E-state index >= 15 is 0 Å². The van der Waals surface area contributed by atoms with Crippen LogP contribution >= 0.6 is 0 Å². The zero-order valence-electron chi connectivity index (χ0n) is 11.9. The summed E-state index contributed by atoms with van der Waals surface area (Å²) >= 11 is 0. The van der Waals surface area contributed by atoms with Crippen LogP contribution in [0.25, 0.3) is 0 Å². The van der Waals surface area contributed by atoms with Crippen molar-refractivity contribution in [3.8, 4) is 0 Å². The maximum Gasteiger partial charge on any atom is 0.321 e. The fourth-order valence-corrected chi connectivity index (χ4v) is 3.62. The van der Waals surface area contributed by atoms with Crippen LogP contribution in [-0.2, 0) is 24.5 Å². The third kappa shape index (κ3) is 5.58. The molecule has 10 heteroatoms. The minimum absolute atomic E-state index is 0.116. The molecule has 0 aliphatic carbocycles. The first-order valence-electron chi connectivity index (χ1n) is 6.49. The van der Waals surface area contributed by atoms with Gasteiger partial charge in [-0.05, 0) is 20.3 Å². The predicted octanol–water partition coefficient (Wildman–Crippen LogP) is -0.752. The summed E-state index contributed by atoms with van der Waals surface area (Å²) in [6.07, 6.45) is -1.35. The fraction of sp³-hybridized carbons (Fsp3) is 0.818. The molecule has 0 amide bonds. The van der Waals surface area contributed by atoms with Gasteiger partial charge in [-0.15, -0.1) is 0 Å². The molecule has 1 rings (SSSR count). The molecule has 0 saturated carbocycles. The average Bonchev–Trinajstić information content (AvgIpc) is 2.32. The summed E-state index contributed by atoms with van der Waals surface area (Å²) in [7, 11) is -4.01. The number of carboxylic acid groups (broad SMARTS) is 2. The van der Waals surface area contributed by atoms with Crippen LogP contribution in [-0.4, -0.2) is 66.2 Å². The van der Waals surface area contributed by atoms with E-state index in [2.05, 4.69) is 0 Å². The Morgan fingerprint density at radius 2 is 1.81 bits per heavy atom. The number of hydrogen-bond acceptors (Lipinski definition) is 5. The van der Waals surface area contributed by atoms with Gasteiger partial charge in [-0.2, -0.15) is 17.4 Å². The first kappa shape index (κ1) is 17.8. The fourth-order valence-electron chi connectivity index (χ4n) is 2.08. The van der Waals surface area contributed by atoms with Crippen molar-refractivity contribution < 1.29 is 33.0 Å². The first-order chi connectivity index (χ1) is 9.61. The lowest BCUT2D eigenvalue weighted by Crippen LogP contribution is -2.54. The highest BCUT2D eigenvalue weighted by Crippen LogP contribution is 2.14. The lowest BCUT2D eigenvalue weighted by atomic mass is 10.2. The minimum atomic E-state index is -4.01. The molecule has 1 aliphatic rings. The lowest BCUT2D eigenvalue weighted by Gasteiger charge is -2.34. The Hall–Kier alpha value is -1.23. The largest absolute Gasteiger partial charge is 0.481 e. The summed E-state index contributed by atoms with van der Waals surface area (Å²) in [4.78, 5) is 21.5. The summed E-state index contributed by atoms with van der Waals surface area (Å²) < 4.78 is 32.9. The second-order valence-corrected chi connectivity index (χ2v) is 6.72. The molecular weight excluding hydrogens is 304 g/mol. The van der Waals surface area contributed by atoms with Crippen LogP contribution in [0.2, 0.25) is 0 Å². The Balaban J connectivity index is 2.76. The van der Waals surface area contributed by atoms with Crippen molar-refractivity contribution >= 4 is 22.1 Å². The molecule has 0 aromatic heterocycles. The average molecular weight is 324 g/mol. The van der Waals surface area contributed by atoms with Crippen LogP contribution in [0.15, 0.2) is 0 Å². The van der Waals surface area contributed by atoms with Crippen molar-refractivity contribution in [2.45, 2.75) is 44.9 Å². The summed E-state index contributed by atoms with van der Waals surface area (Å²) in [6, 6.07) is -1.47. The van der Waals surface area contributed by atoms with Gasteiger partial charge in [0.15, 0.2) is 0 Å². The molecule has 0 bridgehead atoms. The van der Waals surface area contributed by atoms with Gasteiger partial charge in [-0.3, -0.25) is 9.59 Å². The Kier molecular flexibility index (Phi) is 6.08. The van der Waals surface area contributed by atoms with Crippen molar-refractivity contribution in [1.29, 1.82) is 0 Å². The van der Waals surface area contributed by atoms with E-state index in [9.17, 15) is 18.0 Å². The molecule has 1 heterocycles. The highest BCUT2D eigenvalue weighted by Gasteiger charge is 2.34. The molecule has 9 nitrogen and oxygen atoms in total. The highest BCUT2D eigenvalue weighted by molar-refractivity contribution is 7.87. The topological polar surface area (TPSA) is 133 Å². The smallest absolute Gasteiger partial charge is 0.321 e. The number of carboxylic acids is 2. The van der Waals surface area contributed by atoms with E-state index in [1.807, 2.05) is 4.72 Å². The quantitative estimate of drug-likeness (QED) is 0.561. The van der Waals surface area contributed by atoms with Gasteiger partial charge in [0.25, 0.3) is 10.2 Å². The second-order valence-electron chi connectivity index (χ2n) is 5.02. The van der Waals surface area contributed by atoms with Gasteiger partial charge in [0.05, 0.1) is 12.2 Å². The van der Waals surface area contributed by atoms with Gasteiger partial charge < -0.3 is 14.9 Å². The van der Waals surface area contributed by atoms with Crippen molar-refractivity contribution in [3.05, 3.63) is 0 Å². The van der Waals surface area contributed by atoms with Crippen LogP contribution in [0, 0.1) is 0 Å². The molecule has 3 unspecified atom stereocenters. The van der Waals surface area contributed by atoms with Gasteiger partial charge in [0.1, 0.15) is 6.04 Å². The summed E-state index contributed by atoms with van der Waals surface area (Å²) in [5, 5.41) is 17.6. The third-order valence-electron chi connectivity index (χ3n) is 2.96. The maximum atomic E-state index is 12.2. The maximum absolute atomic E-state index is 12.2. The van der Waals surface area contributed by atoms with E-state index in [0.717, 1.165) is 4.31 Å². The van der Waals surface area contributed by atoms with Crippen molar-refractivity contribution in [1.82, 2.24) is 9.03 Å². The zero-order chi connectivity index (χ0) is 16.2. The van der Waals surface area contributed by atoms with E-state index in [1.165, 1.54) is 0 Å². The van der Waals surface area contributed by atoms with Crippen LogP contribution in [0.5, 0.6) is 0 Å². The van der Waals surface area contributed by atoms with E-state index < -0.39 is 34.6 Å². The zero-order valence-corrected chi connectivity index (χ0v) is 12.7. The monoisotopic (exact) mass is 324 g/mol. The predicted molar refractivity (Wildman–Crippen MR) is 71.9 cm³/mol. The number of nitrogens with one attached hydrogen (secondary N) is 1. The number of morpholine rings is 1. The third-order valence-corrected chi connectivity index (χ3v) is 4.52. The molecule has 3 atom stereocenters. The molecule has 122 valence electrons. The molecule has 0 radical (unpaired) electrons. The van der Waals surface area contributed by atoms with E-state index in [4.69, 9.17) is 14.9 Å². The standard InChI is InChI=1S/C11H20N2O7S/c1-7-5-13(6-8(2)20-7)21(18,19)12-9(11(16)17)3-4-10(14)15/h7-9,12H,3-6H2,1-2H3,(H,14,15)(H,16,17). The van der Waals surface area contributed by atoms with Gasteiger partial charge >= 0.3 is 11.9 Å². The normalized spacial score (nSPS) is 25.4. The Morgan fingerprint density at radius 1 is 1.29 bits per heavy atom. The summed E-state index contributed by atoms with van der Waals surface area (Å²) in [6.45, 7) is 3.67. The van der Waals surface area contributed by atoms with Crippen LogP contribution in [0.1, 0.15) is 26.7 Å². The van der Waals surface area contributed by atoms with Crippen LogP contribution in [0.3, 0.4) is 0 Å². The number of aliphatic carboxylic acids is 2. The Morgan fingerprint density at radius 3 is 2.24 bits per heavy atom. The molecular formula is C11H20N2O7S. The van der Waals surface area contributed by atoms with E-state index in [-0.39, 0.29) is 31.7 Å². The molecule has 0 spiro atoms. The second kappa shape index (κ2) is 7.16. The Labute approximate surface area is 123 Å². The summed E-state index contributed by atoms with van der Waals surface area (Å²) in [5.74, 6) is -2.59. The van der Waals surface area contributed by atoms with E-state index in [1.54, 1.807) is 13.8 Å². The summed E-state index contributed by atoms with van der Waals surface area (Å²) in [5.41, 5.74) is 0. The number of ether oxygens (including phenoxy) is 1. The number of nitrogens with zero attached hydrogens (tertiary/aromatic N) is 1. The molecule has 1 fully saturated rings. The first-order valence-corrected chi connectivity index (χ1v) is 7.93. The number of carbonyl (C=O) groups is 2. The number of hydrogen-bond donors (Lipinski definition) is 3. The molecule has 1 aliphatic heterocycles. The molecule has 3 N–H and O–H groups in total. The molecule has 0 aromatic carbocycles. The Bertz CT molecular complexity index is 483. The minimum Gasteiger partial charge on any atom is -0.481 e.